The molecule has 3 N–H and O–H groups in total. The summed E-state index contributed by atoms with van der Waals surface area (Å²) in [6, 6.07) is 6.35. The molecule has 0 aliphatic carbocycles. The summed E-state index contributed by atoms with van der Waals surface area (Å²) < 4.78 is 23.0. The van der Waals surface area contributed by atoms with Crippen molar-refractivity contribution in [1.82, 2.24) is 5.32 Å². The normalized spacial score (nSPS) is 14.1. The first-order valence-electron chi connectivity index (χ1n) is 9.16. The van der Waals surface area contributed by atoms with E-state index in [1.54, 1.807) is 19.1 Å². The highest BCUT2D eigenvalue weighted by atomic mass is 79.9. The second-order valence-electron chi connectivity index (χ2n) is 6.76. The molecule has 0 fully saturated rings. The number of aliphatic hydroxyl groups is 1. The molecule has 0 saturated carbocycles. The Morgan fingerprint density at radius 2 is 1.84 bits per heavy atom. The van der Waals surface area contributed by atoms with Gasteiger partial charge in [-0.2, -0.15) is 0 Å². The van der Waals surface area contributed by atoms with E-state index in [0.717, 1.165) is 0 Å². The molecule has 3 atom stereocenters. The molecule has 0 spiro atoms. The quantitative estimate of drug-likeness (QED) is 0.315. The molecule has 2 rings (SSSR count). The van der Waals surface area contributed by atoms with Gasteiger partial charge in [0.05, 0.1) is 29.6 Å². The third kappa shape index (κ3) is 6.32. The van der Waals surface area contributed by atoms with Gasteiger partial charge in [0.1, 0.15) is 22.9 Å². The van der Waals surface area contributed by atoms with Crippen LogP contribution in [-0.4, -0.2) is 34.7 Å². The van der Waals surface area contributed by atoms with Crippen molar-refractivity contribution in [3.05, 3.63) is 50.4 Å². The van der Waals surface area contributed by atoms with Crippen molar-refractivity contribution >= 4 is 52.2 Å². The Kier molecular flexibility index (Phi) is 8.71. The van der Waals surface area contributed by atoms with Crippen molar-refractivity contribution in [2.45, 2.75) is 32.2 Å². The number of phenolic OH excluding ortho intramolecular Hbond substituents is 1. The molecule has 168 valence electrons. The predicted molar refractivity (Wildman–Crippen MR) is 124 cm³/mol. The van der Waals surface area contributed by atoms with E-state index in [4.69, 9.17) is 9.47 Å². The molecule has 8 nitrogen and oxygen atoms in total. The summed E-state index contributed by atoms with van der Waals surface area (Å²) >= 11 is 6.73. The number of carbonyl (C=O) groups excluding carboxylic acids is 2. The van der Waals surface area contributed by atoms with Crippen LogP contribution in [-0.2, 0) is 19.4 Å². The van der Waals surface area contributed by atoms with Gasteiger partial charge in [-0.25, -0.2) is 4.79 Å². The van der Waals surface area contributed by atoms with Crippen LogP contribution in [0.4, 0.5) is 0 Å². The lowest BCUT2D eigenvalue weighted by Crippen LogP contribution is -2.39. The fraction of sp³-hybridized carbons (Fsp3) is 0.300. The molecule has 0 bridgehead atoms. The molecule has 0 saturated heterocycles. The summed E-state index contributed by atoms with van der Waals surface area (Å²) in [6.07, 6.45) is 0. The second kappa shape index (κ2) is 10.6. The van der Waals surface area contributed by atoms with Gasteiger partial charge in [0.25, 0.3) is 5.91 Å². The molecule has 2 aromatic carbocycles. The van der Waals surface area contributed by atoms with Gasteiger partial charge in [0.15, 0.2) is 5.75 Å². The zero-order valence-corrected chi connectivity index (χ0v) is 21.3. The van der Waals surface area contributed by atoms with Gasteiger partial charge in [0.2, 0.25) is 0 Å². The Labute approximate surface area is 197 Å². The average molecular weight is 579 g/mol. The molecule has 11 heteroatoms. The number of nitrogens with one attached hydrogen (secondary N) is 1. The van der Waals surface area contributed by atoms with E-state index >= 15 is 0 Å². The van der Waals surface area contributed by atoms with Crippen LogP contribution in [0.2, 0.25) is 0 Å². The Balaban J connectivity index is 2.29. The van der Waals surface area contributed by atoms with E-state index in [2.05, 4.69) is 37.2 Å². The Bertz CT molecular complexity index is 990. The Morgan fingerprint density at radius 3 is 2.39 bits per heavy atom. The zero-order chi connectivity index (χ0) is 23.3. The fourth-order valence-corrected chi connectivity index (χ4v) is 4.15. The molecule has 1 amide bonds. The maximum absolute atomic E-state index is 12.5. The number of hydrogen-bond acceptors (Lipinski definition) is 7. The summed E-state index contributed by atoms with van der Waals surface area (Å²) in [5, 5.41) is 21.3. The average Bonchev–Trinajstić information content (AvgIpc) is 2.71. The number of aromatic hydroxyl groups is 1. The van der Waals surface area contributed by atoms with Gasteiger partial charge in [-0.05, 0) is 88.5 Å². The number of benzene rings is 2. The fourth-order valence-electron chi connectivity index (χ4n) is 2.50. The molecular weight excluding hydrogens is 557 g/mol. The van der Waals surface area contributed by atoms with Gasteiger partial charge < -0.3 is 29.6 Å². The van der Waals surface area contributed by atoms with E-state index in [1.165, 1.54) is 32.0 Å². The number of ether oxygens (including phenoxy) is 2. The van der Waals surface area contributed by atoms with Gasteiger partial charge in [-0.15, -0.1) is 0 Å². The predicted octanol–water partition coefficient (Wildman–Crippen LogP) is 4.31. The first-order valence-corrected chi connectivity index (χ1v) is 11.8. The van der Waals surface area contributed by atoms with Crippen LogP contribution >= 0.6 is 40.3 Å². The molecular formula is C20H22Br2NO7P. The monoisotopic (exact) mass is 577 g/mol. The van der Waals surface area contributed by atoms with Crippen LogP contribution < -0.4 is 10.1 Å². The van der Waals surface area contributed by atoms with Gasteiger partial charge in [0, 0.05) is 0 Å². The number of phenols is 1. The summed E-state index contributed by atoms with van der Waals surface area (Å²) in [5.74, 6) is -0.971. The highest BCUT2D eigenvalue weighted by molar-refractivity contribution is 9.11. The summed E-state index contributed by atoms with van der Waals surface area (Å²) in [6.45, 7) is 4.76. The number of rotatable bonds is 8. The number of carbonyl (C=O) groups is 2. The van der Waals surface area contributed by atoms with Crippen LogP contribution in [0.25, 0.3) is 0 Å². The molecule has 0 aliphatic rings. The topological polar surface area (TPSA) is 122 Å². The minimum atomic E-state index is -1.47. The summed E-state index contributed by atoms with van der Waals surface area (Å²) in [7, 11) is -1.47. The molecule has 0 heterocycles. The SMILES string of the molecule is CCOC(=O)C(C)NC(=O)c1cc(Oc2c(Br)cc(C(C)(O)[PH2]=O)cc2Br)ccc1O. The van der Waals surface area contributed by atoms with Crippen molar-refractivity contribution < 1.29 is 33.8 Å². The highest BCUT2D eigenvalue weighted by Crippen LogP contribution is 2.42. The lowest BCUT2D eigenvalue weighted by Gasteiger charge is -2.20. The Hall–Kier alpha value is -1.87. The second-order valence-corrected chi connectivity index (χ2v) is 9.83. The highest BCUT2D eigenvalue weighted by Gasteiger charge is 2.24. The van der Waals surface area contributed by atoms with Crippen molar-refractivity contribution in [3.63, 3.8) is 0 Å². The maximum atomic E-state index is 12.5. The number of halogens is 2. The van der Waals surface area contributed by atoms with Gasteiger partial charge >= 0.3 is 5.97 Å². The van der Waals surface area contributed by atoms with E-state index in [9.17, 15) is 24.4 Å². The van der Waals surface area contributed by atoms with E-state index < -0.39 is 31.7 Å². The first kappa shape index (κ1) is 25.4. The number of esters is 1. The van der Waals surface area contributed by atoms with E-state index in [1.807, 2.05) is 0 Å². The molecule has 0 radical (unpaired) electrons. The molecule has 31 heavy (non-hydrogen) atoms. The third-order valence-corrected chi connectivity index (χ3v) is 6.20. The molecule has 2 aromatic rings. The lowest BCUT2D eigenvalue weighted by molar-refractivity contribution is -0.144. The Morgan fingerprint density at radius 1 is 1.23 bits per heavy atom. The number of hydrogen-bond donors (Lipinski definition) is 3. The molecule has 3 unspecified atom stereocenters. The zero-order valence-electron chi connectivity index (χ0n) is 16.9. The van der Waals surface area contributed by atoms with Crippen LogP contribution in [0.3, 0.4) is 0 Å². The standard InChI is InChI=1S/C20H22Br2NO7P/c1-4-29-19(26)10(2)23-18(25)13-9-12(5-6-16(13)24)30-17-14(21)7-11(8-15(17)22)20(3,27)31-28/h5-10,24,27H,4,31H2,1-3H3,(H,23,25). The lowest BCUT2D eigenvalue weighted by atomic mass is 10.1. The van der Waals surface area contributed by atoms with Crippen molar-refractivity contribution in [2.24, 2.45) is 0 Å². The summed E-state index contributed by atoms with van der Waals surface area (Å²) in [5.41, 5.74) is 0.345. The minimum absolute atomic E-state index is 0.0876. The van der Waals surface area contributed by atoms with Crippen LogP contribution in [0, 0.1) is 0 Å². The van der Waals surface area contributed by atoms with Crippen molar-refractivity contribution in [2.75, 3.05) is 6.61 Å². The summed E-state index contributed by atoms with van der Waals surface area (Å²) in [4.78, 5) is 24.2. The van der Waals surface area contributed by atoms with Crippen molar-refractivity contribution in [3.8, 4) is 17.2 Å². The van der Waals surface area contributed by atoms with Crippen LogP contribution in [0.15, 0.2) is 39.3 Å². The van der Waals surface area contributed by atoms with E-state index in [0.29, 0.717) is 20.3 Å². The van der Waals surface area contributed by atoms with Crippen LogP contribution in [0.1, 0.15) is 36.7 Å². The van der Waals surface area contributed by atoms with E-state index in [-0.39, 0.29) is 23.7 Å². The minimum Gasteiger partial charge on any atom is -0.507 e. The molecule has 0 aromatic heterocycles. The van der Waals surface area contributed by atoms with Crippen molar-refractivity contribution in [1.29, 1.82) is 0 Å². The number of amides is 1. The largest absolute Gasteiger partial charge is 0.507 e. The van der Waals surface area contributed by atoms with Crippen LogP contribution in [0.5, 0.6) is 17.2 Å². The first-order chi connectivity index (χ1) is 14.5. The maximum Gasteiger partial charge on any atom is 0.328 e. The third-order valence-electron chi connectivity index (χ3n) is 4.23. The van der Waals surface area contributed by atoms with Gasteiger partial charge in [-0.1, -0.05) is 0 Å². The smallest absolute Gasteiger partial charge is 0.328 e. The van der Waals surface area contributed by atoms with Gasteiger partial charge in [-0.3, -0.25) is 4.79 Å². The molecule has 0 aliphatic heterocycles.